The Morgan fingerprint density at radius 1 is 1.14 bits per heavy atom. The highest BCUT2D eigenvalue weighted by molar-refractivity contribution is 6.89. The number of amides is 2. The summed E-state index contributed by atoms with van der Waals surface area (Å²) < 4.78 is 0. The summed E-state index contributed by atoms with van der Waals surface area (Å²) in [6.45, 7) is 11.2. The number of rotatable bonds is 4. The van der Waals surface area contributed by atoms with E-state index in [1.54, 1.807) is 0 Å². The molecule has 116 valence electrons. The van der Waals surface area contributed by atoms with E-state index in [1.807, 2.05) is 11.8 Å². The molecule has 1 fully saturated rings. The van der Waals surface area contributed by atoms with Crippen LogP contribution < -0.4 is 10.5 Å². The third-order valence-corrected chi connectivity index (χ3v) is 7.30. The van der Waals surface area contributed by atoms with Crippen molar-refractivity contribution in [3.63, 3.8) is 0 Å². The average molecular weight is 305 g/mol. The van der Waals surface area contributed by atoms with Crippen LogP contribution in [-0.4, -0.2) is 62.8 Å². The molecule has 0 atom stereocenters. The molecule has 1 aliphatic rings. The molecule has 0 bridgehead atoms. The van der Waals surface area contributed by atoms with Crippen LogP contribution >= 0.6 is 0 Å². The van der Waals surface area contributed by atoms with Crippen molar-refractivity contribution < 1.29 is 4.79 Å². The fourth-order valence-corrected chi connectivity index (χ4v) is 5.62. The van der Waals surface area contributed by atoms with Gasteiger partial charge in [-0.15, -0.1) is 0 Å². The second-order valence-electron chi connectivity index (χ2n) is 6.35. The summed E-state index contributed by atoms with van der Waals surface area (Å²) >= 11 is 0. The second kappa shape index (κ2) is 7.09. The Bertz CT molecular complexity index is 456. The molecule has 0 aliphatic carbocycles. The van der Waals surface area contributed by atoms with Crippen LogP contribution in [0, 0.1) is 0 Å². The molecule has 1 aliphatic heterocycles. The van der Waals surface area contributed by atoms with Crippen LogP contribution in [0.4, 0.5) is 4.79 Å². The number of benzene rings is 1. The Morgan fingerprint density at radius 2 is 1.76 bits per heavy atom. The Kier molecular flexibility index (Phi) is 5.42. The lowest BCUT2D eigenvalue weighted by Gasteiger charge is -2.38. The highest BCUT2D eigenvalue weighted by Gasteiger charge is 2.29. The van der Waals surface area contributed by atoms with Crippen molar-refractivity contribution >= 4 is 19.3 Å². The molecular formula is C16H27N3OSi. The first-order chi connectivity index (χ1) is 10.0. The molecule has 21 heavy (non-hydrogen) atoms. The number of nitrogens with zero attached hydrogens (tertiary/aromatic N) is 2. The molecule has 5 heteroatoms. The normalized spacial score (nSPS) is 16.8. The number of hydrogen-bond acceptors (Lipinski definition) is 2. The Hall–Kier alpha value is -1.33. The van der Waals surface area contributed by atoms with Gasteiger partial charge in [0.15, 0.2) is 0 Å². The first kappa shape index (κ1) is 16.0. The zero-order chi connectivity index (χ0) is 15.3. The molecule has 0 radical (unpaired) electrons. The first-order valence-electron chi connectivity index (χ1n) is 7.83. The minimum Gasteiger partial charge on any atom is -0.338 e. The van der Waals surface area contributed by atoms with Gasteiger partial charge in [-0.3, -0.25) is 0 Å². The molecule has 0 saturated carbocycles. The van der Waals surface area contributed by atoms with Gasteiger partial charge in [0, 0.05) is 32.7 Å². The fraction of sp³-hybridized carbons (Fsp3) is 0.562. The third-order valence-electron chi connectivity index (χ3n) is 4.16. The van der Waals surface area contributed by atoms with E-state index in [0.717, 1.165) is 26.2 Å². The van der Waals surface area contributed by atoms with Crippen LogP contribution in [-0.2, 0) is 0 Å². The van der Waals surface area contributed by atoms with Gasteiger partial charge in [0.2, 0.25) is 0 Å². The van der Waals surface area contributed by atoms with Crippen molar-refractivity contribution in [2.24, 2.45) is 0 Å². The molecule has 2 amide bonds. The van der Waals surface area contributed by atoms with E-state index in [0.29, 0.717) is 6.54 Å². The van der Waals surface area contributed by atoms with Crippen LogP contribution in [0.3, 0.4) is 0 Å². The van der Waals surface area contributed by atoms with Gasteiger partial charge in [0.05, 0.1) is 8.07 Å². The molecule has 0 spiro atoms. The largest absolute Gasteiger partial charge is 0.338 e. The van der Waals surface area contributed by atoms with E-state index >= 15 is 0 Å². The number of carbonyl (C=O) groups excluding carboxylic acids is 1. The zero-order valence-corrected chi connectivity index (χ0v) is 14.4. The van der Waals surface area contributed by atoms with Gasteiger partial charge in [-0.2, -0.15) is 0 Å². The third kappa shape index (κ3) is 4.31. The average Bonchev–Trinajstić information content (AvgIpc) is 2.49. The predicted octanol–water partition coefficient (Wildman–Crippen LogP) is 1.49. The van der Waals surface area contributed by atoms with Crippen molar-refractivity contribution in [3.05, 3.63) is 30.3 Å². The van der Waals surface area contributed by atoms with Gasteiger partial charge < -0.3 is 15.1 Å². The molecular weight excluding hydrogens is 278 g/mol. The summed E-state index contributed by atoms with van der Waals surface area (Å²) in [5.74, 6) is 0. The van der Waals surface area contributed by atoms with Gasteiger partial charge in [0.1, 0.15) is 0 Å². The summed E-state index contributed by atoms with van der Waals surface area (Å²) in [6, 6.07) is 11.0. The lowest BCUT2D eigenvalue weighted by atomic mass is 10.3. The molecule has 1 saturated heterocycles. The SMILES string of the molecule is CCNC(=O)N1CCN(C[Si](C)(C)c2ccccc2)CC1. The quantitative estimate of drug-likeness (QED) is 0.856. The minimum absolute atomic E-state index is 0.0803. The molecule has 1 N–H and O–H groups in total. The highest BCUT2D eigenvalue weighted by Crippen LogP contribution is 2.09. The zero-order valence-electron chi connectivity index (χ0n) is 13.4. The molecule has 1 aromatic rings. The van der Waals surface area contributed by atoms with Gasteiger partial charge in [-0.25, -0.2) is 4.79 Å². The second-order valence-corrected chi connectivity index (χ2v) is 11.0. The summed E-state index contributed by atoms with van der Waals surface area (Å²) in [7, 11) is -1.42. The summed E-state index contributed by atoms with van der Waals surface area (Å²) in [6.07, 6.45) is 1.17. The molecule has 4 nitrogen and oxygen atoms in total. The van der Waals surface area contributed by atoms with Gasteiger partial charge in [-0.1, -0.05) is 48.6 Å². The monoisotopic (exact) mass is 305 g/mol. The van der Waals surface area contributed by atoms with Crippen molar-refractivity contribution in [3.8, 4) is 0 Å². The van der Waals surface area contributed by atoms with E-state index in [2.05, 4.69) is 53.6 Å². The van der Waals surface area contributed by atoms with E-state index in [-0.39, 0.29) is 6.03 Å². The number of nitrogens with one attached hydrogen (secondary N) is 1. The lowest BCUT2D eigenvalue weighted by Crippen LogP contribution is -2.58. The summed E-state index contributed by atoms with van der Waals surface area (Å²) in [5.41, 5.74) is 0. The van der Waals surface area contributed by atoms with E-state index in [9.17, 15) is 4.79 Å². The van der Waals surface area contributed by atoms with E-state index in [4.69, 9.17) is 0 Å². The molecule has 0 unspecified atom stereocenters. The molecule has 0 aromatic heterocycles. The van der Waals surface area contributed by atoms with Crippen LogP contribution in [0.1, 0.15) is 6.92 Å². The summed E-state index contributed by atoms with van der Waals surface area (Å²) in [4.78, 5) is 16.3. The van der Waals surface area contributed by atoms with Crippen molar-refractivity contribution in [1.82, 2.24) is 15.1 Å². The van der Waals surface area contributed by atoms with Gasteiger partial charge in [0.25, 0.3) is 0 Å². The van der Waals surface area contributed by atoms with Crippen molar-refractivity contribution in [1.29, 1.82) is 0 Å². The van der Waals surface area contributed by atoms with Gasteiger partial charge >= 0.3 is 6.03 Å². The number of carbonyl (C=O) groups is 1. The smallest absolute Gasteiger partial charge is 0.317 e. The Labute approximate surface area is 129 Å². The molecule has 1 heterocycles. The summed E-state index contributed by atoms with van der Waals surface area (Å²) in [5, 5.41) is 4.39. The topological polar surface area (TPSA) is 35.6 Å². The van der Waals surface area contributed by atoms with Gasteiger partial charge in [-0.05, 0) is 13.1 Å². The van der Waals surface area contributed by atoms with E-state index < -0.39 is 8.07 Å². The molecule has 2 rings (SSSR count). The van der Waals surface area contributed by atoms with Crippen LogP contribution in [0.25, 0.3) is 0 Å². The van der Waals surface area contributed by atoms with Crippen LogP contribution in [0.5, 0.6) is 0 Å². The number of hydrogen-bond donors (Lipinski definition) is 1. The maximum Gasteiger partial charge on any atom is 0.317 e. The maximum atomic E-state index is 11.8. The fourth-order valence-electron chi connectivity index (χ4n) is 2.91. The molecule has 1 aromatic carbocycles. The maximum absolute atomic E-state index is 11.8. The number of piperazine rings is 1. The predicted molar refractivity (Wildman–Crippen MR) is 90.6 cm³/mol. The lowest BCUT2D eigenvalue weighted by molar-refractivity contribution is 0.150. The van der Waals surface area contributed by atoms with Crippen molar-refractivity contribution in [2.75, 3.05) is 38.9 Å². The Balaban J connectivity index is 1.87. The van der Waals surface area contributed by atoms with Crippen LogP contribution in [0.15, 0.2) is 30.3 Å². The van der Waals surface area contributed by atoms with Crippen LogP contribution in [0.2, 0.25) is 13.1 Å². The minimum atomic E-state index is -1.42. The Morgan fingerprint density at radius 3 is 2.33 bits per heavy atom. The van der Waals surface area contributed by atoms with E-state index in [1.165, 1.54) is 11.4 Å². The standard InChI is InChI=1S/C16H27N3OSi/c1-4-17-16(20)19-12-10-18(11-13-19)14-21(2,3)15-8-6-5-7-9-15/h5-9H,4,10-14H2,1-3H3,(H,17,20). The highest BCUT2D eigenvalue weighted by atomic mass is 28.3. The first-order valence-corrected chi connectivity index (χ1v) is 11.0. The number of urea groups is 1. The van der Waals surface area contributed by atoms with Crippen molar-refractivity contribution in [2.45, 2.75) is 20.0 Å².